The van der Waals surface area contributed by atoms with Crippen LogP contribution in [0.1, 0.15) is 82.5 Å². The predicted molar refractivity (Wildman–Crippen MR) is 300 cm³/mol. The van der Waals surface area contributed by atoms with Crippen molar-refractivity contribution in [3.8, 4) is 23.0 Å². The topological polar surface area (TPSA) is 256 Å². The van der Waals surface area contributed by atoms with Crippen LogP contribution in [0, 0.1) is 0 Å². The van der Waals surface area contributed by atoms with Gasteiger partial charge in [0.15, 0.2) is 23.0 Å². The lowest BCUT2D eigenvalue weighted by Gasteiger charge is -2.22. The first-order chi connectivity index (χ1) is 39.2. The minimum Gasteiger partial charge on any atom is -0.493 e. The summed E-state index contributed by atoms with van der Waals surface area (Å²) in [4.78, 5) is 113. The van der Waals surface area contributed by atoms with Gasteiger partial charge in [-0.3, -0.25) is 53.1 Å². The Morgan fingerprint density at radius 2 is 1.26 bits per heavy atom. The molecule has 5 aliphatic rings. The zero-order valence-electron chi connectivity index (χ0n) is 45.2. The Morgan fingerprint density at radius 3 is 1.94 bits per heavy atom. The standard InChI is InChI=1S/C60H61N9O12/c1-34(64-54(71)16-10-9-15-53(70)61-19-20-67-55(72)17-18-56(67)73)57(74)65-35(2)58(75)66-40-22-36(32-80-51-28-45-43(26-49(51)78-3)59(76)68-41(30-62-45)24-38-11-5-7-13-47(38)68)21-37(23-40)33-81-52-29-46-44(27-50(52)79-4)60(77)69-42(31-63-46)25-39-12-6-8-14-48(39)69/h5-8,11-14,17-18,21-23,26-30,34-35,41-42,63H,9-10,15-16,19-20,24-25,31-33H2,1-4H3,(H,61,70)(H,64,71)(H,65,74)(H,66,75)/t34-,35?,41-,42-/m0/s1. The first-order valence-electron chi connectivity index (χ1n) is 26.8. The minimum atomic E-state index is -1.06. The van der Waals surface area contributed by atoms with Crippen LogP contribution in [0.5, 0.6) is 23.0 Å². The van der Waals surface area contributed by atoms with Crippen molar-refractivity contribution in [1.29, 1.82) is 0 Å². The van der Waals surface area contributed by atoms with Gasteiger partial charge in [-0.2, -0.15) is 0 Å². The van der Waals surface area contributed by atoms with Gasteiger partial charge >= 0.3 is 0 Å². The maximum atomic E-state index is 14.1. The van der Waals surface area contributed by atoms with E-state index in [-0.39, 0.29) is 69.0 Å². The summed E-state index contributed by atoms with van der Waals surface area (Å²) in [6, 6.07) is 25.3. The lowest BCUT2D eigenvalue weighted by atomic mass is 10.1. The summed E-state index contributed by atoms with van der Waals surface area (Å²) in [5.41, 5.74) is 7.24. The Morgan fingerprint density at radius 1 is 0.667 bits per heavy atom. The van der Waals surface area contributed by atoms with Crippen molar-refractivity contribution in [3.05, 3.63) is 137 Å². The molecule has 10 rings (SSSR count). The molecule has 81 heavy (non-hydrogen) atoms. The lowest BCUT2D eigenvalue weighted by molar-refractivity contribution is -0.137. The number of rotatable bonds is 21. The van der Waals surface area contributed by atoms with Crippen molar-refractivity contribution < 1.29 is 57.3 Å². The van der Waals surface area contributed by atoms with Gasteiger partial charge in [0.2, 0.25) is 23.6 Å². The molecule has 21 nitrogen and oxygen atoms in total. The van der Waals surface area contributed by atoms with E-state index in [9.17, 15) is 38.4 Å². The lowest BCUT2D eigenvalue weighted by Crippen LogP contribution is -2.50. The van der Waals surface area contributed by atoms with Gasteiger partial charge in [-0.15, -0.1) is 0 Å². The minimum absolute atomic E-state index is 0.0261. The highest BCUT2D eigenvalue weighted by Crippen LogP contribution is 2.43. The summed E-state index contributed by atoms with van der Waals surface area (Å²) in [6.07, 6.45) is 6.38. The monoisotopic (exact) mass is 1100 g/mol. The maximum Gasteiger partial charge on any atom is 0.261 e. The van der Waals surface area contributed by atoms with Crippen LogP contribution < -0.4 is 55.3 Å². The van der Waals surface area contributed by atoms with Crippen LogP contribution in [-0.4, -0.2) is 116 Å². The first-order valence-corrected chi connectivity index (χ1v) is 26.8. The second-order valence-electron chi connectivity index (χ2n) is 20.3. The molecule has 0 bridgehead atoms. The molecule has 8 amide bonds. The fourth-order valence-corrected chi connectivity index (χ4v) is 10.6. The molecule has 4 atom stereocenters. The number of hydrogen-bond acceptors (Lipinski definition) is 14. The van der Waals surface area contributed by atoms with E-state index in [0.29, 0.717) is 88.1 Å². The fourth-order valence-electron chi connectivity index (χ4n) is 10.6. The molecular formula is C60H61N9O12. The van der Waals surface area contributed by atoms with Crippen LogP contribution in [0.15, 0.2) is 108 Å². The number of aliphatic imine (C=N–C) groups is 1. The highest BCUT2D eigenvalue weighted by Gasteiger charge is 2.39. The van der Waals surface area contributed by atoms with E-state index in [4.69, 9.17) is 23.9 Å². The zero-order valence-corrected chi connectivity index (χ0v) is 45.2. The number of anilines is 4. The summed E-state index contributed by atoms with van der Waals surface area (Å²) in [5.74, 6) is -1.78. The van der Waals surface area contributed by atoms with E-state index in [0.717, 1.165) is 33.8 Å². The number of methoxy groups -OCH3 is 2. The molecule has 0 radical (unpaired) electrons. The molecule has 5 aliphatic heterocycles. The summed E-state index contributed by atoms with van der Waals surface area (Å²) < 4.78 is 24.4. The van der Waals surface area contributed by atoms with Crippen LogP contribution in [0.3, 0.4) is 0 Å². The molecule has 5 aromatic carbocycles. The molecule has 0 aliphatic carbocycles. The van der Waals surface area contributed by atoms with E-state index in [1.807, 2.05) is 59.5 Å². The zero-order chi connectivity index (χ0) is 56.9. The van der Waals surface area contributed by atoms with E-state index in [2.05, 4.69) is 26.6 Å². The molecule has 5 aromatic rings. The SMILES string of the molecule is COc1cc2c(cc1OCc1cc(COc3cc4c(cc3OC)C(=O)N3c5ccccc5C[C@H]3CN4)cc(NC(=O)C(C)NC(=O)[C@H](C)NC(=O)CCCCC(=O)NCCN3C(=O)C=CC3=O)c1)N=C[C@@H]1Cc3ccccc3N1C2=O. The normalized spacial score (nSPS) is 17.0. The third-order valence-electron chi connectivity index (χ3n) is 14.7. The Hall–Kier alpha value is -9.53. The van der Waals surface area contributed by atoms with E-state index < -0.39 is 41.6 Å². The van der Waals surface area contributed by atoms with Gasteiger partial charge in [0.05, 0.1) is 48.8 Å². The molecular weight excluding hydrogens is 1040 g/mol. The Balaban J connectivity index is 0.804. The number of carbonyl (C=O) groups is 8. The maximum absolute atomic E-state index is 14.1. The molecule has 0 saturated heterocycles. The molecule has 0 spiro atoms. The second kappa shape index (κ2) is 23.8. The number of benzene rings is 5. The number of amides is 8. The van der Waals surface area contributed by atoms with Crippen molar-refractivity contribution in [2.45, 2.75) is 89.8 Å². The summed E-state index contributed by atoms with van der Waals surface area (Å²) in [6.45, 7) is 3.61. The van der Waals surface area contributed by atoms with Crippen LogP contribution in [0.25, 0.3) is 0 Å². The number of imide groups is 1. The molecule has 1 unspecified atom stereocenters. The van der Waals surface area contributed by atoms with Gasteiger partial charge in [0.1, 0.15) is 25.3 Å². The third-order valence-corrected chi connectivity index (χ3v) is 14.7. The first kappa shape index (κ1) is 54.8. The average molecular weight is 1100 g/mol. The highest BCUT2D eigenvalue weighted by molar-refractivity contribution is 6.15. The number of ether oxygens (including phenoxy) is 4. The number of para-hydroxylation sites is 2. The molecule has 5 N–H and O–H groups in total. The summed E-state index contributed by atoms with van der Waals surface area (Å²) >= 11 is 0. The van der Waals surface area contributed by atoms with Gasteiger partial charge in [0, 0.05) is 86.5 Å². The number of carbonyl (C=O) groups excluding carboxylic acids is 8. The van der Waals surface area contributed by atoms with Gasteiger partial charge < -0.3 is 50.4 Å². The number of nitrogens with zero attached hydrogens (tertiary/aromatic N) is 4. The van der Waals surface area contributed by atoms with Crippen molar-refractivity contribution in [3.63, 3.8) is 0 Å². The van der Waals surface area contributed by atoms with Crippen LogP contribution >= 0.6 is 0 Å². The number of nitrogens with one attached hydrogen (secondary N) is 5. The van der Waals surface area contributed by atoms with E-state index in [1.165, 1.54) is 40.2 Å². The van der Waals surface area contributed by atoms with Crippen molar-refractivity contribution >= 4 is 81.9 Å². The predicted octanol–water partition coefficient (Wildman–Crippen LogP) is 5.70. The Kier molecular flexibility index (Phi) is 16.1. The van der Waals surface area contributed by atoms with Gasteiger partial charge in [0.25, 0.3) is 23.6 Å². The van der Waals surface area contributed by atoms with Crippen molar-refractivity contribution in [2.75, 3.05) is 54.3 Å². The van der Waals surface area contributed by atoms with Crippen LogP contribution in [0.2, 0.25) is 0 Å². The molecule has 5 heterocycles. The van der Waals surface area contributed by atoms with E-state index in [1.54, 1.807) is 47.5 Å². The fraction of sp³-hybridized carbons (Fsp3) is 0.317. The molecule has 0 fully saturated rings. The summed E-state index contributed by atoms with van der Waals surface area (Å²) in [7, 11) is 2.98. The van der Waals surface area contributed by atoms with Gasteiger partial charge in [-0.1, -0.05) is 36.4 Å². The molecule has 21 heteroatoms. The third kappa shape index (κ3) is 11.9. The number of fused-ring (bicyclic) bond motifs is 8. The Bertz CT molecular complexity index is 3410. The number of hydrogen-bond donors (Lipinski definition) is 5. The summed E-state index contributed by atoms with van der Waals surface area (Å²) in [5, 5.41) is 14.3. The Labute approximate surface area is 467 Å². The van der Waals surface area contributed by atoms with Gasteiger partial charge in [-0.25, -0.2) is 0 Å². The number of unbranched alkanes of at least 4 members (excludes halogenated alkanes) is 1. The molecule has 0 saturated carbocycles. The van der Waals surface area contributed by atoms with Gasteiger partial charge in [-0.05, 0) is 97.8 Å². The van der Waals surface area contributed by atoms with Crippen molar-refractivity contribution in [1.82, 2.24) is 20.9 Å². The van der Waals surface area contributed by atoms with Crippen LogP contribution in [0.4, 0.5) is 28.4 Å². The van der Waals surface area contributed by atoms with Crippen LogP contribution in [-0.2, 0) is 54.8 Å². The molecule has 418 valence electrons. The second-order valence-corrected chi connectivity index (χ2v) is 20.3. The quantitative estimate of drug-likeness (QED) is 0.0438. The highest BCUT2D eigenvalue weighted by atomic mass is 16.5. The van der Waals surface area contributed by atoms with E-state index >= 15 is 0 Å². The smallest absolute Gasteiger partial charge is 0.261 e. The molecule has 0 aromatic heterocycles. The largest absolute Gasteiger partial charge is 0.493 e. The average Bonchev–Trinajstić information content (AvgIpc) is 4.22. The van der Waals surface area contributed by atoms with Crippen molar-refractivity contribution in [2.24, 2.45) is 4.99 Å².